The van der Waals surface area contributed by atoms with Gasteiger partial charge in [-0.1, -0.05) is 50.5 Å². The van der Waals surface area contributed by atoms with Gasteiger partial charge in [0.2, 0.25) is 5.95 Å². The van der Waals surface area contributed by atoms with Gasteiger partial charge in [0, 0.05) is 6.54 Å². The van der Waals surface area contributed by atoms with Crippen molar-refractivity contribution in [1.29, 1.82) is 0 Å². The second-order valence-electron chi connectivity index (χ2n) is 10.9. The van der Waals surface area contributed by atoms with Crippen LogP contribution in [0.15, 0.2) is 30.6 Å². The van der Waals surface area contributed by atoms with Gasteiger partial charge < -0.3 is 19.7 Å². The third-order valence-corrected chi connectivity index (χ3v) is 6.55. The zero-order chi connectivity index (χ0) is 27.3. The number of anilines is 2. The Bertz CT molecular complexity index is 1260. The molecule has 0 aliphatic heterocycles. The number of carbonyl (C=O) groups excluding carboxylic acids is 1. The van der Waals surface area contributed by atoms with E-state index in [1.54, 1.807) is 0 Å². The molecule has 3 aromatic rings. The maximum absolute atomic E-state index is 13.4. The summed E-state index contributed by atoms with van der Waals surface area (Å²) in [5.41, 5.74) is 2.31. The number of amides is 1. The summed E-state index contributed by atoms with van der Waals surface area (Å²) in [5.74, 6) is 0.132. The maximum Gasteiger partial charge on any atom is 0.417 e. The number of nitrogens with zero attached hydrogens (tertiary/aromatic N) is 5. The van der Waals surface area contributed by atoms with Gasteiger partial charge in [0.15, 0.2) is 17.0 Å². The van der Waals surface area contributed by atoms with E-state index >= 15 is 0 Å². The summed E-state index contributed by atoms with van der Waals surface area (Å²) in [6.45, 7) is 7.97. The van der Waals surface area contributed by atoms with Gasteiger partial charge in [-0.05, 0) is 57.1 Å². The summed E-state index contributed by atoms with van der Waals surface area (Å²) in [5, 5.41) is 12.6. The number of rotatable bonds is 9. The Balaban J connectivity index is 1.72. The van der Waals surface area contributed by atoms with Gasteiger partial charge in [-0.25, -0.2) is 14.7 Å². The van der Waals surface area contributed by atoms with Gasteiger partial charge in [-0.15, -0.1) is 0 Å². The molecule has 1 fully saturated rings. The number of ether oxygens (including phenoxy) is 1. The highest BCUT2D eigenvalue weighted by molar-refractivity contribution is 5.90. The summed E-state index contributed by atoms with van der Waals surface area (Å²) >= 11 is 0. The number of hydrogen-bond acceptors (Lipinski definition) is 7. The molecule has 1 amide bonds. The molecule has 1 saturated carbocycles. The number of hydrogen-bond donors (Lipinski definition) is 2. The van der Waals surface area contributed by atoms with Crippen molar-refractivity contribution < 1.29 is 19.4 Å². The fourth-order valence-electron chi connectivity index (χ4n) is 4.73. The molecule has 4 rings (SSSR count). The minimum absolute atomic E-state index is 0.119. The Morgan fingerprint density at radius 1 is 1.13 bits per heavy atom. The van der Waals surface area contributed by atoms with E-state index in [-0.39, 0.29) is 19.0 Å². The molecule has 204 valence electrons. The Morgan fingerprint density at radius 2 is 1.84 bits per heavy atom. The third kappa shape index (κ3) is 6.79. The number of carboxylic acids is 1. The number of aromatic nitrogens is 4. The first-order valence-corrected chi connectivity index (χ1v) is 13.4. The van der Waals surface area contributed by atoms with E-state index in [0.717, 1.165) is 12.0 Å². The first kappa shape index (κ1) is 27.3. The van der Waals surface area contributed by atoms with Crippen LogP contribution in [0.25, 0.3) is 11.2 Å². The maximum atomic E-state index is 13.4. The normalized spacial score (nSPS) is 14.4. The number of aliphatic carboxylic acids is 1. The lowest BCUT2D eigenvalue weighted by molar-refractivity contribution is -0.137. The number of carbonyl (C=O) groups is 2. The predicted octanol–water partition coefficient (Wildman–Crippen LogP) is 5.72. The Labute approximate surface area is 223 Å². The minimum atomic E-state index is -1.02. The molecule has 1 aliphatic carbocycles. The van der Waals surface area contributed by atoms with Gasteiger partial charge in [0.25, 0.3) is 0 Å². The SMILES string of the molecule is CCCNc1nc(N(Cc2ccc(C3CCCCC3)cc2)C(=O)OC(C)(C)C)nc2c1ncn2CC(=O)O. The van der Waals surface area contributed by atoms with Crippen molar-refractivity contribution in [3.05, 3.63) is 41.7 Å². The summed E-state index contributed by atoms with van der Waals surface area (Å²) in [7, 11) is 0. The molecule has 2 N–H and O–H groups in total. The van der Waals surface area contributed by atoms with Crippen LogP contribution in [0.4, 0.5) is 16.6 Å². The van der Waals surface area contributed by atoms with E-state index < -0.39 is 17.7 Å². The van der Waals surface area contributed by atoms with Crippen molar-refractivity contribution in [1.82, 2.24) is 19.5 Å². The molecular weight excluding hydrogens is 484 g/mol. The van der Waals surface area contributed by atoms with Gasteiger partial charge in [-0.2, -0.15) is 9.97 Å². The highest BCUT2D eigenvalue weighted by atomic mass is 16.6. The molecule has 38 heavy (non-hydrogen) atoms. The Kier molecular flexibility index (Phi) is 8.48. The van der Waals surface area contributed by atoms with Gasteiger partial charge in [0.05, 0.1) is 12.9 Å². The fourth-order valence-corrected chi connectivity index (χ4v) is 4.73. The number of carboxylic acid groups (broad SMARTS) is 1. The minimum Gasteiger partial charge on any atom is -0.480 e. The van der Waals surface area contributed by atoms with Crippen molar-refractivity contribution in [2.75, 3.05) is 16.8 Å². The molecular formula is C28H38N6O4. The van der Waals surface area contributed by atoms with Crippen LogP contribution in [-0.2, 0) is 22.6 Å². The third-order valence-electron chi connectivity index (χ3n) is 6.55. The molecule has 0 spiro atoms. The van der Waals surface area contributed by atoms with Crippen LogP contribution in [0.3, 0.4) is 0 Å². The van der Waals surface area contributed by atoms with Crippen LogP contribution in [0.5, 0.6) is 0 Å². The first-order valence-electron chi connectivity index (χ1n) is 13.4. The van der Waals surface area contributed by atoms with Crippen molar-refractivity contribution in [2.45, 2.75) is 90.8 Å². The van der Waals surface area contributed by atoms with Crippen molar-refractivity contribution >= 4 is 35.0 Å². The van der Waals surface area contributed by atoms with Crippen LogP contribution in [-0.4, -0.2) is 48.8 Å². The second-order valence-corrected chi connectivity index (χ2v) is 10.9. The quantitative estimate of drug-likeness (QED) is 0.366. The lowest BCUT2D eigenvalue weighted by Gasteiger charge is -2.27. The lowest BCUT2D eigenvalue weighted by atomic mass is 9.84. The molecule has 0 bridgehead atoms. The highest BCUT2D eigenvalue weighted by Crippen LogP contribution is 2.33. The summed E-state index contributed by atoms with van der Waals surface area (Å²) < 4.78 is 7.16. The average Bonchev–Trinajstić information content (AvgIpc) is 3.27. The van der Waals surface area contributed by atoms with Gasteiger partial charge >= 0.3 is 12.1 Å². The Morgan fingerprint density at radius 3 is 2.47 bits per heavy atom. The monoisotopic (exact) mass is 522 g/mol. The molecule has 1 aromatic carbocycles. The van der Waals surface area contributed by atoms with Crippen LogP contribution in [0.1, 0.15) is 83.3 Å². The number of imidazole rings is 1. The van der Waals surface area contributed by atoms with Crippen LogP contribution in [0, 0.1) is 0 Å². The van der Waals surface area contributed by atoms with E-state index in [2.05, 4.69) is 32.4 Å². The summed E-state index contributed by atoms with van der Waals surface area (Å²) in [6, 6.07) is 8.40. The van der Waals surface area contributed by atoms with Crippen LogP contribution >= 0.6 is 0 Å². The number of benzene rings is 1. The molecule has 0 radical (unpaired) electrons. The molecule has 0 atom stereocenters. The smallest absolute Gasteiger partial charge is 0.417 e. The van der Waals surface area contributed by atoms with Gasteiger partial charge in [0.1, 0.15) is 12.1 Å². The van der Waals surface area contributed by atoms with Crippen molar-refractivity contribution in [3.63, 3.8) is 0 Å². The number of nitrogens with one attached hydrogen (secondary N) is 1. The lowest BCUT2D eigenvalue weighted by Crippen LogP contribution is -2.37. The summed E-state index contributed by atoms with van der Waals surface area (Å²) in [6.07, 6.45) is 7.97. The first-order chi connectivity index (χ1) is 18.1. The van der Waals surface area contributed by atoms with Crippen LogP contribution < -0.4 is 10.2 Å². The second kappa shape index (κ2) is 11.8. The topological polar surface area (TPSA) is 122 Å². The van der Waals surface area contributed by atoms with Gasteiger partial charge in [-0.3, -0.25) is 4.79 Å². The highest BCUT2D eigenvalue weighted by Gasteiger charge is 2.28. The zero-order valence-corrected chi connectivity index (χ0v) is 22.7. The van der Waals surface area contributed by atoms with E-state index in [4.69, 9.17) is 4.74 Å². The van der Waals surface area contributed by atoms with Crippen LogP contribution in [0.2, 0.25) is 0 Å². The fraction of sp³-hybridized carbons (Fsp3) is 0.536. The van der Waals surface area contributed by atoms with E-state index in [1.165, 1.54) is 53.5 Å². The Hall–Kier alpha value is -3.69. The molecule has 2 heterocycles. The molecule has 10 nitrogen and oxygen atoms in total. The average molecular weight is 523 g/mol. The largest absolute Gasteiger partial charge is 0.480 e. The molecule has 1 aliphatic rings. The molecule has 0 unspecified atom stereocenters. The van der Waals surface area contributed by atoms with E-state index in [9.17, 15) is 14.7 Å². The van der Waals surface area contributed by atoms with Crippen molar-refractivity contribution in [2.24, 2.45) is 0 Å². The number of fused-ring (bicyclic) bond motifs is 1. The molecule has 2 aromatic heterocycles. The van der Waals surface area contributed by atoms with E-state index in [1.807, 2.05) is 39.8 Å². The predicted molar refractivity (Wildman–Crippen MR) is 146 cm³/mol. The zero-order valence-electron chi connectivity index (χ0n) is 22.7. The van der Waals surface area contributed by atoms with Crippen molar-refractivity contribution in [3.8, 4) is 0 Å². The standard InChI is InChI=1S/C28H38N6O4/c1-5-15-29-24-23-25(33(18-30-23)17-22(35)36)32-26(31-24)34(27(37)38-28(2,3)4)16-19-11-13-21(14-12-19)20-9-7-6-8-10-20/h11-14,18,20H,5-10,15-17H2,1-4H3,(H,35,36)(H,29,31,32). The van der Waals surface area contributed by atoms with E-state index in [0.29, 0.717) is 29.4 Å². The summed E-state index contributed by atoms with van der Waals surface area (Å²) in [4.78, 5) is 39.9. The molecule has 0 saturated heterocycles. The molecule has 10 heteroatoms.